The molecule has 1 fully saturated rings. The lowest BCUT2D eigenvalue weighted by Gasteiger charge is -2.36. The predicted octanol–water partition coefficient (Wildman–Crippen LogP) is 2.84. The minimum Gasteiger partial charge on any atom is -0.377 e. The van der Waals surface area contributed by atoms with E-state index in [4.69, 9.17) is 14.7 Å². The number of hydrogen-bond acceptors (Lipinski definition) is 4. The minimum atomic E-state index is -0.279. The van der Waals surface area contributed by atoms with Crippen LogP contribution in [0.4, 0.5) is 0 Å². The van der Waals surface area contributed by atoms with Crippen LogP contribution in [0.25, 0.3) is 0 Å². The maximum Gasteiger partial charge on any atom is 0.156 e. The molecule has 0 saturated carbocycles. The Morgan fingerprint density at radius 3 is 2.86 bits per heavy atom. The summed E-state index contributed by atoms with van der Waals surface area (Å²) in [5, 5.41) is 8.97. The average molecular weight is 302 g/mol. The highest BCUT2D eigenvalue weighted by atomic mass is 16.5. The van der Waals surface area contributed by atoms with Crippen LogP contribution in [0.1, 0.15) is 25.8 Å². The van der Waals surface area contributed by atoms with E-state index in [1.807, 2.05) is 18.2 Å². The molecule has 0 aliphatic carbocycles. The van der Waals surface area contributed by atoms with Gasteiger partial charge >= 0.3 is 0 Å². The molecular weight excluding hydrogens is 276 g/mol. The molecule has 1 aliphatic rings. The van der Waals surface area contributed by atoms with Crippen LogP contribution in [-0.4, -0.2) is 43.9 Å². The van der Waals surface area contributed by atoms with Gasteiger partial charge in [0.2, 0.25) is 0 Å². The summed E-state index contributed by atoms with van der Waals surface area (Å²) < 4.78 is 11.2. The fraction of sp³-hybridized carbons (Fsp3) is 0.611. The number of ether oxygens (including phenoxy) is 2. The fourth-order valence-electron chi connectivity index (χ4n) is 2.72. The molecule has 4 nitrogen and oxygen atoms in total. The topological polar surface area (TPSA) is 45.5 Å². The first-order valence-electron chi connectivity index (χ1n) is 7.94. The first kappa shape index (κ1) is 17.0. The van der Waals surface area contributed by atoms with Gasteiger partial charge in [0.05, 0.1) is 19.3 Å². The third-order valence-corrected chi connectivity index (χ3v) is 3.98. The van der Waals surface area contributed by atoms with Gasteiger partial charge in [0.15, 0.2) is 6.10 Å². The van der Waals surface area contributed by atoms with E-state index in [-0.39, 0.29) is 11.5 Å². The normalized spacial score (nSPS) is 19.8. The molecule has 4 heteroatoms. The smallest absolute Gasteiger partial charge is 0.156 e. The van der Waals surface area contributed by atoms with Crippen LogP contribution >= 0.6 is 0 Å². The summed E-state index contributed by atoms with van der Waals surface area (Å²) in [7, 11) is 0. The molecule has 22 heavy (non-hydrogen) atoms. The molecule has 1 atom stereocenters. The van der Waals surface area contributed by atoms with E-state index in [1.54, 1.807) is 0 Å². The molecule has 2 rings (SSSR count). The third kappa shape index (κ3) is 5.76. The van der Waals surface area contributed by atoms with Crippen LogP contribution < -0.4 is 0 Å². The van der Waals surface area contributed by atoms with E-state index >= 15 is 0 Å². The Morgan fingerprint density at radius 1 is 1.36 bits per heavy atom. The van der Waals surface area contributed by atoms with Crippen molar-refractivity contribution in [2.24, 2.45) is 5.41 Å². The van der Waals surface area contributed by atoms with E-state index in [2.05, 4.69) is 36.9 Å². The number of hydrogen-bond donors (Lipinski definition) is 0. The lowest BCUT2D eigenvalue weighted by molar-refractivity contribution is -0.0166. The Hall–Kier alpha value is -1.41. The first-order valence-corrected chi connectivity index (χ1v) is 7.94. The zero-order chi connectivity index (χ0) is 15.8. The Bertz CT molecular complexity index is 482. The van der Waals surface area contributed by atoms with Crippen LogP contribution in [0.15, 0.2) is 30.3 Å². The van der Waals surface area contributed by atoms with Crippen molar-refractivity contribution >= 4 is 0 Å². The van der Waals surface area contributed by atoms with Crippen molar-refractivity contribution in [3.05, 3.63) is 35.9 Å². The number of morpholine rings is 1. The number of nitriles is 1. The summed E-state index contributed by atoms with van der Waals surface area (Å²) in [6, 6.07) is 12.5. The maximum absolute atomic E-state index is 8.97. The highest BCUT2D eigenvalue weighted by molar-refractivity contribution is 5.13. The second-order valence-electron chi connectivity index (χ2n) is 6.68. The van der Waals surface area contributed by atoms with Crippen molar-refractivity contribution in [1.29, 1.82) is 5.26 Å². The minimum absolute atomic E-state index is 0.175. The quantitative estimate of drug-likeness (QED) is 0.727. The highest BCUT2D eigenvalue weighted by Crippen LogP contribution is 2.23. The van der Waals surface area contributed by atoms with Gasteiger partial charge in [0, 0.05) is 26.2 Å². The van der Waals surface area contributed by atoms with Crippen molar-refractivity contribution < 1.29 is 9.47 Å². The number of nitrogens with zero attached hydrogens (tertiary/aromatic N) is 2. The third-order valence-electron chi connectivity index (χ3n) is 3.98. The summed E-state index contributed by atoms with van der Waals surface area (Å²) in [5.74, 6) is 0. The van der Waals surface area contributed by atoms with Crippen molar-refractivity contribution in [1.82, 2.24) is 4.90 Å². The highest BCUT2D eigenvalue weighted by Gasteiger charge is 2.26. The Labute approximate surface area is 133 Å². The molecule has 0 aromatic heterocycles. The fourth-order valence-corrected chi connectivity index (χ4v) is 2.72. The van der Waals surface area contributed by atoms with Crippen LogP contribution in [0.3, 0.4) is 0 Å². The molecule has 120 valence electrons. The Balaban J connectivity index is 1.68. The molecule has 0 bridgehead atoms. The molecule has 1 aromatic carbocycles. The van der Waals surface area contributed by atoms with Crippen LogP contribution in [0.2, 0.25) is 0 Å². The average Bonchev–Trinajstić information content (AvgIpc) is 2.52. The number of rotatable bonds is 7. The van der Waals surface area contributed by atoms with Gasteiger partial charge in [-0.15, -0.1) is 0 Å². The van der Waals surface area contributed by atoms with Gasteiger partial charge in [-0.2, -0.15) is 5.26 Å². The maximum atomic E-state index is 8.97. The van der Waals surface area contributed by atoms with Crippen molar-refractivity contribution in [3.63, 3.8) is 0 Å². The van der Waals surface area contributed by atoms with Crippen molar-refractivity contribution in [2.45, 2.75) is 33.0 Å². The van der Waals surface area contributed by atoms with Crippen LogP contribution in [0.5, 0.6) is 0 Å². The summed E-state index contributed by atoms with van der Waals surface area (Å²) in [4.78, 5) is 2.33. The second-order valence-corrected chi connectivity index (χ2v) is 6.68. The van der Waals surface area contributed by atoms with Gasteiger partial charge in [-0.25, -0.2) is 0 Å². The Kier molecular flexibility index (Phi) is 6.38. The molecule has 1 saturated heterocycles. The molecule has 0 spiro atoms. The zero-order valence-electron chi connectivity index (χ0n) is 13.6. The molecule has 1 unspecified atom stereocenters. The molecule has 1 aromatic rings. The molecule has 1 heterocycles. The molecule has 0 amide bonds. The van der Waals surface area contributed by atoms with Gasteiger partial charge in [-0.3, -0.25) is 4.90 Å². The van der Waals surface area contributed by atoms with Crippen molar-refractivity contribution in [3.8, 4) is 6.07 Å². The van der Waals surface area contributed by atoms with Gasteiger partial charge in [0.25, 0.3) is 0 Å². The van der Waals surface area contributed by atoms with E-state index in [9.17, 15) is 0 Å². The summed E-state index contributed by atoms with van der Waals surface area (Å²) >= 11 is 0. The lowest BCUT2D eigenvalue weighted by atomic mass is 9.89. The molecule has 1 aliphatic heterocycles. The van der Waals surface area contributed by atoms with Gasteiger partial charge in [0.1, 0.15) is 0 Å². The van der Waals surface area contributed by atoms with E-state index in [1.165, 1.54) is 5.56 Å². The first-order chi connectivity index (χ1) is 10.6. The Morgan fingerprint density at radius 2 is 2.14 bits per heavy atom. The van der Waals surface area contributed by atoms with Crippen LogP contribution in [-0.2, 0) is 16.1 Å². The molecular formula is C18H26N2O2. The SMILES string of the molecule is CC(C)(CCOCc1ccccc1)CN1CCOC(C#N)C1. The second kappa shape index (κ2) is 8.28. The van der Waals surface area contributed by atoms with Gasteiger partial charge < -0.3 is 9.47 Å². The van der Waals surface area contributed by atoms with E-state index in [0.29, 0.717) is 19.8 Å². The summed E-state index contributed by atoms with van der Waals surface area (Å²) in [6.45, 7) is 9.20. The van der Waals surface area contributed by atoms with Crippen LogP contribution in [0, 0.1) is 16.7 Å². The number of benzene rings is 1. The summed E-state index contributed by atoms with van der Waals surface area (Å²) in [5.41, 5.74) is 1.39. The van der Waals surface area contributed by atoms with E-state index < -0.39 is 0 Å². The van der Waals surface area contributed by atoms with Gasteiger partial charge in [-0.05, 0) is 17.4 Å². The molecule has 0 radical (unpaired) electrons. The van der Waals surface area contributed by atoms with E-state index in [0.717, 1.165) is 26.1 Å². The molecule has 0 N–H and O–H groups in total. The predicted molar refractivity (Wildman–Crippen MR) is 86.3 cm³/mol. The standard InChI is InChI=1S/C18H26N2O2/c1-18(2,15-20-9-11-22-17(12-19)13-20)8-10-21-14-16-6-4-3-5-7-16/h3-7,17H,8-11,13-15H2,1-2H3. The van der Waals surface area contributed by atoms with Crippen molar-refractivity contribution in [2.75, 3.05) is 32.8 Å². The summed E-state index contributed by atoms with van der Waals surface area (Å²) in [6.07, 6.45) is 0.730. The zero-order valence-corrected chi connectivity index (χ0v) is 13.6. The lowest BCUT2D eigenvalue weighted by Crippen LogP contribution is -2.46. The van der Waals surface area contributed by atoms with Gasteiger partial charge in [-0.1, -0.05) is 44.2 Å². The monoisotopic (exact) mass is 302 g/mol. The largest absolute Gasteiger partial charge is 0.377 e.